The number of carbonyl (C=O) groups is 1. The van der Waals surface area contributed by atoms with Crippen LogP contribution in [-0.4, -0.2) is 27.9 Å². The van der Waals surface area contributed by atoms with Crippen LogP contribution in [0.15, 0.2) is 52.4 Å². The molecule has 0 atom stereocenters. The molecule has 1 aromatic carbocycles. The van der Waals surface area contributed by atoms with Crippen LogP contribution in [0.3, 0.4) is 0 Å². The normalized spacial score (nSPS) is 15.1. The molecule has 1 N–H and O–H groups in total. The van der Waals surface area contributed by atoms with E-state index in [1.54, 1.807) is 24.3 Å². The maximum absolute atomic E-state index is 13.4. The van der Waals surface area contributed by atoms with Gasteiger partial charge in [-0.3, -0.25) is 9.59 Å². The third-order valence-corrected chi connectivity index (χ3v) is 9.23. The van der Waals surface area contributed by atoms with E-state index in [1.807, 2.05) is 19.9 Å². The summed E-state index contributed by atoms with van der Waals surface area (Å²) in [5.74, 6) is -0.141. The second-order valence-corrected chi connectivity index (χ2v) is 11.7. The number of aromatic nitrogens is 2. The number of benzene rings is 1. The number of rotatable bonds is 8. The molecule has 32 heavy (non-hydrogen) atoms. The van der Waals surface area contributed by atoms with Gasteiger partial charge in [0.1, 0.15) is 0 Å². The number of nitrogens with one attached hydrogen (secondary N) is 1. The van der Waals surface area contributed by atoms with Gasteiger partial charge in [0.2, 0.25) is 10.0 Å². The molecule has 4 rings (SSSR count). The number of fused-ring (bicyclic) bond motifs is 1. The Morgan fingerprint density at radius 3 is 2.62 bits per heavy atom. The van der Waals surface area contributed by atoms with Crippen LogP contribution < -0.4 is 5.56 Å². The fourth-order valence-electron chi connectivity index (χ4n) is 4.37. The van der Waals surface area contributed by atoms with Gasteiger partial charge < -0.3 is 4.98 Å². The number of carbonyl (C=O) groups excluding carboxylic acids is 1. The zero-order chi connectivity index (χ0) is 23.3. The van der Waals surface area contributed by atoms with Crippen LogP contribution in [0, 0.1) is 13.8 Å². The second kappa shape index (κ2) is 8.15. The van der Waals surface area contributed by atoms with E-state index >= 15 is 0 Å². The maximum Gasteiger partial charge on any atom is 0.251 e. The van der Waals surface area contributed by atoms with Crippen LogP contribution in [0.2, 0.25) is 0 Å². The number of Topliss-reactive ketones (excluding diaryl/α,β-unsaturated/α-hetero) is 1. The minimum atomic E-state index is -3.63. The summed E-state index contributed by atoms with van der Waals surface area (Å²) in [6, 6.07) is 7.01. The molecule has 0 bridgehead atoms. The van der Waals surface area contributed by atoms with Crippen LogP contribution in [-0.2, 0) is 16.4 Å². The number of halogens is 1. The van der Waals surface area contributed by atoms with Crippen LogP contribution in [0.25, 0.3) is 10.9 Å². The SMILES string of the molecule is C=CCC1(S(=O)(=O)n2ccc3c(C(=O)CCc4c(C)cc(C)[nH]c4=O)cc(Br)cc32)CC1. The lowest BCUT2D eigenvalue weighted by molar-refractivity contribution is 0.0984. The summed E-state index contributed by atoms with van der Waals surface area (Å²) in [5.41, 5.74) is 2.97. The molecule has 1 fully saturated rings. The molecule has 168 valence electrons. The van der Waals surface area contributed by atoms with Crippen LogP contribution in [0.4, 0.5) is 0 Å². The van der Waals surface area contributed by atoms with E-state index < -0.39 is 14.8 Å². The number of hydrogen-bond acceptors (Lipinski definition) is 4. The highest BCUT2D eigenvalue weighted by Crippen LogP contribution is 2.48. The summed E-state index contributed by atoms with van der Waals surface area (Å²) >= 11 is 3.43. The lowest BCUT2D eigenvalue weighted by Crippen LogP contribution is -2.28. The molecule has 0 amide bonds. The van der Waals surface area contributed by atoms with Crippen molar-refractivity contribution in [1.82, 2.24) is 8.96 Å². The number of aryl methyl sites for hydroxylation is 2. The quantitative estimate of drug-likeness (QED) is 0.343. The van der Waals surface area contributed by atoms with Crippen molar-refractivity contribution in [1.29, 1.82) is 0 Å². The third kappa shape index (κ3) is 3.79. The minimum Gasteiger partial charge on any atom is -0.326 e. The van der Waals surface area contributed by atoms with Gasteiger partial charge in [-0.2, -0.15) is 0 Å². The molecule has 1 aliphatic carbocycles. The molecule has 0 aliphatic heterocycles. The van der Waals surface area contributed by atoms with E-state index in [9.17, 15) is 18.0 Å². The monoisotopic (exact) mass is 516 g/mol. The van der Waals surface area contributed by atoms with Crippen LogP contribution >= 0.6 is 15.9 Å². The van der Waals surface area contributed by atoms with E-state index in [0.717, 1.165) is 11.3 Å². The average Bonchev–Trinajstić information content (AvgIpc) is 3.38. The van der Waals surface area contributed by atoms with E-state index in [2.05, 4.69) is 27.5 Å². The minimum absolute atomic E-state index is 0.141. The van der Waals surface area contributed by atoms with E-state index in [0.29, 0.717) is 52.2 Å². The van der Waals surface area contributed by atoms with E-state index in [4.69, 9.17) is 0 Å². The Kier molecular flexibility index (Phi) is 5.79. The summed E-state index contributed by atoms with van der Waals surface area (Å²) in [5, 5.41) is 0.589. The average molecular weight is 517 g/mol. The highest BCUT2D eigenvalue weighted by Gasteiger charge is 2.54. The highest BCUT2D eigenvalue weighted by atomic mass is 79.9. The van der Waals surface area contributed by atoms with Crippen molar-refractivity contribution in [3.8, 4) is 0 Å². The molecule has 0 spiro atoms. The first-order chi connectivity index (χ1) is 15.1. The number of pyridine rings is 1. The molecule has 6 nitrogen and oxygen atoms in total. The maximum atomic E-state index is 13.4. The standard InChI is InChI=1S/C24H25BrN2O4S/c1-4-8-24(9-10-24)32(30,31)27-11-7-19-20(13-17(25)14-21(19)27)22(28)6-5-18-15(2)12-16(3)26-23(18)29/h4,7,11-14H,1,5-6,8-10H2,2-3H3,(H,26,29). The molecule has 8 heteroatoms. The first-order valence-electron chi connectivity index (χ1n) is 10.5. The fraction of sp³-hybridized carbons (Fsp3) is 0.333. The highest BCUT2D eigenvalue weighted by molar-refractivity contribution is 9.10. The first kappa shape index (κ1) is 22.7. The van der Waals surface area contributed by atoms with Gasteiger partial charge in [-0.15, -0.1) is 6.58 Å². The number of ketones is 1. The summed E-state index contributed by atoms with van der Waals surface area (Å²) in [7, 11) is -3.63. The van der Waals surface area contributed by atoms with Crippen molar-refractivity contribution in [2.24, 2.45) is 0 Å². The predicted octanol–water partition coefficient (Wildman–Crippen LogP) is 4.81. The first-order valence-corrected chi connectivity index (χ1v) is 12.7. The molecule has 1 aliphatic rings. The Bertz CT molecular complexity index is 1410. The topological polar surface area (TPSA) is 89.0 Å². The van der Waals surface area contributed by atoms with Gasteiger partial charge in [0.05, 0.1) is 10.3 Å². The lowest BCUT2D eigenvalue weighted by atomic mass is 9.98. The zero-order valence-corrected chi connectivity index (χ0v) is 20.5. The van der Waals surface area contributed by atoms with Crippen molar-refractivity contribution in [3.05, 3.63) is 80.3 Å². The molecule has 3 aromatic rings. The molecule has 0 radical (unpaired) electrons. The summed E-state index contributed by atoms with van der Waals surface area (Å²) < 4.78 is 27.8. The van der Waals surface area contributed by atoms with Crippen LogP contribution in [0.5, 0.6) is 0 Å². The summed E-state index contributed by atoms with van der Waals surface area (Å²) in [6.07, 6.45) is 5.25. The van der Waals surface area contributed by atoms with Crippen molar-refractivity contribution in [3.63, 3.8) is 0 Å². The van der Waals surface area contributed by atoms with Gasteiger partial charge in [-0.1, -0.05) is 22.0 Å². The van der Waals surface area contributed by atoms with Gasteiger partial charge in [0.15, 0.2) is 5.78 Å². The van der Waals surface area contributed by atoms with Gasteiger partial charge in [0.25, 0.3) is 5.56 Å². The van der Waals surface area contributed by atoms with Crippen molar-refractivity contribution in [2.75, 3.05) is 0 Å². The van der Waals surface area contributed by atoms with Crippen LogP contribution in [0.1, 0.15) is 52.9 Å². The predicted molar refractivity (Wildman–Crippen MR) is 130 cm³/mol. The summed E-state index contributed by atoms with van der Waals surface area (Å²) in [6.45, 7) is 7.39. The molecule has 2 heterocycles. The van der Waals surface area contributed by atoms with Crippen molar-refractivity contribution in [2.45, 2.75) is 50.7 Å². The molecule has 0 saturated heterocycles. The Hall–Kier alpha value is -2.45. The second-order valence-electron chi connectivity index (χ2n) is 8.54. The zero-order valence-electron chi connectivity index (χ0n) is 18.1. The number of H-pyrrole nitrogens is 1. The van der Waals surface area contributed by atoms with Gasteiger partial charge >= 0.3 is 0 Å². The Balaban J connectivity index is 1.70. The lowest BCUT2D eigenvalue weighted by Gasteiger charge is -2.16. The molecule has 0 unspecified atom stereocenters. The summed E-state index contributed by atoms with van der Waals surface area (Å²) in [4.78, 5) is 28.2. The van der Waals surface area contributed by atoms with E-state index in [-0.39, 0.29) is 17.8 Å². The Morgan fingerprint density at radius 1 is 1.28 bits per heavy atom. The largest absolute Gasteiger partial charge is 0.326 e. The number of allylic oxidation sites excluding steroid dienone is 1. The Morgan fingerprint density at radius 2 is 2.00 bits per heavy atom. The van der Waals surface area contributed by atoms with Gasteiger partial charge in [-0.05, 0) is 69.4 Å². The molecule has 1 saturated carbocycles. The van der Waals surface area contributed by atoms with Gasteiger partial charge in [-0.25, -0.2) is 12.4 Å². The third-order valence-electron chi connectivity index (χ3n) is 6.26. The number of aromatic amines is 1. The number of hydrogen-bond donors (Lipinski definition) is 1. The van der Waals surface area contributed by atoms with Crippen molar-refractivity contribution >= 4 is 42.6 Å². The molecular weight excluding hydrogens is 492 g/mol. The fourth-order valence-corrected chi connectivity index (χ4v) is 6.81. The van der Waals surface area contributed by atoms with Gasteiger partial charge in [0, 0.05) is 39.3 Å². The molecular formula is C24H25BrN2O4S. The number of nitrogens with zero attached hydrogens (tertiary/aromatic N) is 1. The smallest absolute Gasteiger partial charge is 0.251 e. The Labute approximate surface area is 195 Å². The molecule has 2 aromatic heterocycles. The van der Waals surface area contributed by atoms with Crippen molar-refractivity contribution < 1.29 is 13.2 Å². The van der Waals surface area contributed by atoms with E-state index in [1.165, 1.54) is 10.2 Å².